The molecule has 1 atom stereocenters. The van der Waals surface area contributed by atoms with Crippen molar-refractivity contribution in [3.8, 4) is 0 Å². The highest BCUT2D eigenvalue weighted by Crippen LogP contribution is 2.14. The molecule has 2 rings (SSSR count). The minimum absolute atomic E-state index is 0.354. The summed E-state index contributed by atoms with van der Waals surface area (Å²) in [6.07, 6.45) is 4.16. The van der Waals surface area contributed by atoms with Gasteiger partial charge in [0.05, 0.1) is 12.2 Å². The minimum atomic E-state index is 0.354. The van der Waals surface area contributed by atoms with E-state index in [1.807, 2.05) is 17.9 Å². The SMILES string of the molecule is CNC(C)c1cccn1Cc1ccn(C(C)C)n1. The van der Waals surface area contributed by atoms with Gasteiger partial charge in [0, 0.05) is 30.2 Å². The zero-order valence-corrected chi connectivity index (χ0v) is 11.6. The molecule has 0 saturated carbocycles. The van der Waals surface area contributed by atoms with Crippen molar-refractivity contribution < 1.29 is 0 Å². The van der Waals surface area contributed by atoms with Crippen LogP contribution in [-0.4, -0.2) is 21.4 Å². The highest BCUT2D eigenvalue weighted by Gasteiger charge is 2.09. The van der Waals surface area contributed by atoms with Crippen LogP contribution in [0.25, 0.3) is 0 Å². The molecule has 0 amide bonds. The molecule has 0 bridgehead atoms. The Morgan fingerprint density at radius 3 is 2.61 bits per heavy atom. The maximum Gasteiger partial charge on any atom is 0.0821 e. The van der Waals surface area contributed by atoms with E-state index in [-0.39, 0.29) is 0 Å². The van der Waals surface area contributed by atoms with Crippen LogP contribution in [0.4, 0.5) is 0 Å². The van der Waals surface area contributed by atoms with Gasteiger partial charge in [-0.3, -0.25) is 4.68 Å². The lowest BCUT2D eigenvalue weighted by Crippen LogP contribution is -2.17. The number of hydrogen-bond acceptors (Lipinski definition) is 2. The van der Waals surface area contributed by atoms with Gasteiger partial charge in [0.1, 0.15) is 0 Å². The number of nitrogens with one attached hydrogen (secondary N) is 1. The summed E-state index contributed by atoms with van der Waals surface area (Å²) in [7, 11) is 1.98. The summed E-state index contributed by atoms with van der Waals surface area (Å²) in [5.41, 5.74) is 2.39. The van der Waals surface area contributed by atoms with Crippen molar-refractivity contribution in [3.05, 3.63) is 42.0 Å². The van der Waals surface area contributed by atoms with Crippen molar-refractivity contribution in [1.29, 1.82) is 0 Å². The van der Waals surface area contributed by atoms with Crippen LogP contribution in [0.5, 0.6) is 0 Å². The van der Waals surface area contributed by atoms with Crippen LogP contribution in [0.2, 0.25) is 0 Å². The molecule has 0 aliphatic rings. The van der Waals surface area contributed by atoms with E-state index < -0.39 is 0 Å². The molecule has 4 nitrogen and oxygen atoms in total. The van der Waals surface area contributed by atoms with Crippen LogP contribution in [-0.2, 0) is 6.54 Å². The summed E-state index contributed by atoms with van der Waals surface area (Å²) in [5.74, 6) is 0. The fraction of sp³-hybridized carbons (Fsp3) is 0.500. The lowest BCUT2D eigenvalue weighted by Gasteiger charge is -2.14. The molecule has 2 aromatic heterocycles. The van der Waals surface area contributed by atoms with Gasteiger partial charge in [0.2, 0.25) is 0 Å². The predicted octanol–water partition coefficient (Wildman–Crippen LogP) is 2.59. The molecule has 0 aliphatic carbocycles. The van der Waals surface area contributed by atoms with E-state index in [4.69, 9.17) is 0 Å². The molecule has 1 N–H and O–H groups in total. The molecule has 0 fully saturated rings. The second kappa shape index (κ2) is 5.40. The van der Waals surface area contributed by atoms with Gasteiger partial charge < -0.3 is 9.88 Å². The highest BCUT2D eigenvalue weighted by atomic mass is 15.3. The van der Waals surface area contributed by atoms with Crippen molar-refractivity contribution in [2.45, 2.75) is 39.4 Å². The van der Waals surface area contributed by atoms with Gasteiger partial charge in [-0.05, 0) is 46.0 Å². The van der Waals surface area contributed by atoms with Crippen LogP contribution >= 0.6 is 0 Å². The summed E-state index contributed by atoms with van der Waals surface area (Å²) in [4.78, 5) is 0. The van der Waals surface area contributed by atoms with Gasteiger partial charge in [-0.1, -0.05) is 0 Å². The molecule has 1 unspecified atom stereocenters. The second-order valence-electron chi connectivity index (χ2n) is 4.95. The average Bonchev–Trinajstić information content (AvgIpc) is 2.97. The second-order valence-corrected chi connectivity index (χ2v) is 4.95. The number of aromatic nitrogens is 3. The Morgan fingerprint density at radius 2 is 2.00 bits per heavy atom. The molecule has 98 valence electrons. The Balaban J connectivity index is 2.15. The van der Waals surface area contributed by atoms with Gasteiger partial charge in [0.25, 0.3) is 0 Å². The molecule has 2 heterocycles. The number of rotatable bonds is 5. The molecule has 4 heteroatoms. The third kappa shape index (κ3) is 2.64. The Labute approximate surface area is 109 Å². The quantitative estimate of drug-likeness (QED) is 0.880. The van der Waals surface area contributed by atoms with E-state index in [2.05, 4.69) is 60.1 Å². The standard InChI is InChI=1S/C14H22N4/c1-11(2)18-9-7-13(16-18)10-17-8-5-6-14(17)12(3)15-4/h5-9,11-12,15H,10H2,1-4H3. The topological polar surface area (TPSA) is 34.8 Å². The summed E-state index contributed by atoms with van der Waals surface area (Å²) in [5, 5.41) is 7.86. The number of hydrogen-bond donors (Lipinski definition) is 1. The first-order chi connectivity index (χ1) is 8.61. The van der Waals surface area contributed by atoms with Crippen LogP contribution < -0.4 is 5.32 Å². The lowest BCUT2D eigenvalue weighted by atomic mass is 10.2. The molecular formula is C14H22N4. The summed E-state index contributed by atoms with van der Waals surface area (Å²) in [6, 6.07) is 7.10. The predicted molar refractivity (Wildman–Crippen MR) is 73.6 cm³/mol. The zero-order chi connectivity index (χ0) is 13.1. The van der Waals surface area contributed by atoms with E-state index in [9.17, 15) is 0 Å². The van der Waals surface area contributed by atoms with Crippen LogP contribution in [0.15, 0.2) is 30.6 Å². The fourth-order valence-corrected chi connectivity index (χ4v) is 2.04. The van der Waals surface area contributed by atoms with Crippen LogP contribution in [0.3, 0.4) is 0 Å². The zero-order valence-electron chi connectivity index (χ0n) is 11.6. The van der Waals surface area contributed by atoms with Crippen molar-refractivity contribution >= 4 is 0 Å². The Hall–Kier alpha value is -1.55. The van der Waals surface area contributed by atoms with E-state index in [1.165, 1.54) is 5.69 Å². The first kappa shape index (κ1) is 12.9. The van der Waals surface area contributed by atoms with Gasteiger partial charge in [-0.2, -0.15) is 5.10 Å². The summed E-state index contributed by atoms with van der Waals surface area (Å²) >= 11 is 0. The average molecular weight is 246 g/mol. The van der Waals surface area contributed by atoms with E-state index in [0.29, 0.717) is 12.1 Å². The summed E-state index contributed by atoms with van der Waals surface area (Å²) < 4.78 is 4.24. The molecule has 0 saturated heterocycles. The number of nitrogens with zero attached hydrogens (tertiary/aromatic N) is 3. The first-order valence-electron chi connectivity index (χ1n) is 6.48. The Kier molecular flexibility index (Phi) is 3.87. The first-order valence-corrected chi connectivity index (χ1v) is 6.48. The van der Waals surface area contributed by atoms with E-state index in [0.717, 1.165) is 12.2 Å². The largest absolute Gasteiger partial charge is 0.344 e. The smallest absolute Gasteiger partial charge is 0.0821 e. The van der Waals surface area contributed by atoms with Crippen LogP contribution in [0, 0.1) is 0 Å². The molecule has 0 radical (unpaired) electrons. The molecule has 18 heavy (non-hydrogen) atoms. The van der Waals surface area contributed by atoms with Gasteiger partial charge >= 0.3 is 0 Å². The normalized spacial score (nSPS) is 13.2. The Bertz CT molecular complexity index is 495. The minimum Gasteiger partial charge on any atom is -0.344 e. The van der Waals surface area contributed by atoms with Crippen molar-refractivity contribution in [3.63, 3.8) is 0 Å². The lowest BCUT2D eigenvalue weighted by molar-refractivity contribution is 0.520. The van der Waals surface area contributed by atoms with Gasteiger partial charge in [-0.25, -0.2) is 0 Å². The van der Waals surface area contributed by atoms with Crippen molar-refractivity contribution in [2.24, 2.45) is 0 Å². The third-order valence-electron chi connectivity index (χ3n) is 3.27. The van der Waals surface area contributed by atoms with Gasteiger partial charge in [-0.15, -0.1) is 0 Å². The van der Waals surface area contributed by atoms with Gasteiger partial charge in [0.15, 0.2) is 0 Å². The van der Waals surface area contributed by atoms with E-state index >= 15 is 0 Å². The third-order valence-corrected chi connectivity index (χ3v) is 3.27. The highest BCUT2D eigenvalue weighted by molar-refractivity contribution is 5.14. The molecule has 0 aliphatic heterocycles. The Morgan fingerprint density at radius 1 is 1.22 bits per heavy atom. The van der Waals surface area contributed by atoms with Crippen molar-refractivity contribution in [1.82, 2.24) is 19.7 Å². The molecule has 0 spiro atoms. The molecular weight excluding hydrogens is 224 g/mol. The maximum atomic E-state index is 4.59. The van der Waals surface area contributed by atoms with Crippen molar-refractivity contribution in [2.75, 3.05) is 7.05 Å². The molecule has 2 aromatic rings. The van der Waals surface area contributed by atoms with Crippen LogP contribution in [0.1, 0.15) is 44.2 Å². The maximum absolute atomic E-state index is 4.59. The summed E-state index contributed by atoms with van der Waals surface area (Å²) in [6.45, 7) is 7.27. The monoisotopic (exact) mass is 246 g/mol. The molecule has 0 aromatic carbocycles. The fourth-order valence-electron chi connectivity index (χ4n) is 2.04. The van der Waals surface area contributed by atoms with E-state index in [1.54, 1.807) is 0 Å².